The molecule has 0 fully saturated rings. The van der Waals surface area contributed by atoms with Gasteiger partial charge in [-0.3, -0.25) is 4.57 Å². The average Bonchev–Trinajstić information content (AvgIpc) is 2.43. The average molecular weight is 442 g/mol. The lowest BCUT2D eigenvalue weighted by Crippen LogP contribution is -2.12. The van der Waals surface area contributed by atoms with Crippen LogP contribution >= 0.6 is 7.60 Å². The third-order valence-electron chi connectivity index (χ3n) is 2.92. The summed E-state index contributed by atoms with van der Waals surface area (Å²) in [5.74, 6) is -2.63. The van der Waals surface area contributed by atoms with Crippen LogP contribution in [-0.2, 0) is 32.7 Å². The van der Waals surface area contributed by atoms with Crippen molar-refractivity contribution in [3.63, 3.8) is 0 Å². The van der Waals surface area contributed by atoms with Gasteiger partial charge in [0.25, 0.3) is 0 Å². The molecule has 0 aliphatic rings. The van der Waals surface area contributed by atoms with E-state index in [1.54, 1.807) is 0 Å². The highest BCUT2D eigenvalue weighted by molar-refractivity contribution is 7.95. The molecule has 4 N–H and O–H groups in total. The van der Waals surface area contributed by atoms with Crippen molar-refractivity contribution in [3.8, 4) is 0 Å². The van der Waals surface area contributed by atoms with Crippen LogP contribution < -0.4 is 11.5 Å². The minimum Gasteiger partial charge on any atom is -0.399 e. The minimum absolute atomic E-state index is 0.0937. The molecule has 27 heavy (non-hydrogen) atoms. The third kappa shape index (κ3) is 5.02. The van der Waals surface area contributed by atoms with Gasteiger partial charge >= 0.3 is 27.8 Å². The fourth-order valence-electron chi connectivity index (χ4n) is 1.89. The molecule has 14 heteroatoms. The first-order valence-corrected chi connectivity index (χ1v) is 11.6. The lowest BCUT2D eigenvalue weighted by molar-refractivity contribution is 0.383. The molecule has 0 amide bonds. The van der Waals surface area contributed by atoms with Crippen LogP contribution in [0.1, 0.15) is 0 Å². The van der Waals surface area contributed by atoms with E-state index < -0.39 is 49.3 Å². The Kier molecular flexibility index (Phi) is 5.64. The first-order valence-electron chi connectivity index (χ1n) is 6.83. The highest BCUT2D eigenvalue weighted by Gasteiger charge is 2.36. The van der Waals surface area contributed by atoms with Gasteiger partial charge in [-0.2, -0.15) is 24.8 Å². The van der Waals surface area contributed by atoms with E-state index in [-0.39, 0.29) is 11.4 Å². The van der Waals surface area contributed by atoms with Gasteiger partial charge in [-0.15, -0.1) is 0 Å². The van der Waals surface area contributed by atoms with Crippen molar-refractivity contribution in [1.82, 2.24) is 0 Å². The molecular weight excluding hydrogens is 429 g/mol. The van der Waals surface area contributed by atoms with Gasteiger partial charge in [0.2, 0.25) is 0 Å². The molecule has 0 aliphatic carbocycles. The second-order valence-corrected chi connectivity index (χ2v) is 10.6. The van der Waals surface area contributed by atoms with Crippen molar-refractivity contribution in [1.29, 1.82) is 0 Å². The molecule has 148 valence electrons. The van der Waals surface area contributed by atoms with Crippen LogP contribution in [0.25, 0.3) is 0 Å². The minimum atomic E-state index is -5.03. The Morgan fingerprint density at radius 2 is 1.15 bits per heavy atom. The Labute approximate surface area is 153 Å². The summed E-state index contributed by atoms with van der Waals surface area (Å²) in [5, 5.41) is 0. The summed E-state index contributed by atoms with van der Waals surface area (Å²) in [6.07, 6.45) is 0. The van der Waals surface area contributed by atoms with Gasteiger partial charge in [-0.25, -0.2) is 8.78 Å². The zero-order valence-corrected chi connectivity index (χ0v) is 16.0. The van der Waals surface area contributed by atoms with Crippen LogP contribution in [0.4, 0.5) is 20.2 Å². The van der Waals surface area contributed by atoms with Gasteiger partial charge in [0.1, 0.15) is 21.4 Å². The Balaban J connectivity index is 2.34. The molecule has 0 saturated carbocycles. The maximum absolute atomic E-state index is 13.8. The summed E-state index contributed by atoms with van der Waals surface area (Å²) in [6, 6.07) is 4.85. The Morgan fingerprint density at radius 3 is 1.44 bits per heavy atom. The van der Waals surface area contributed by atoms with Crippen LogP contribution in [0, 0.1) is 11.6 Å². The second kappa shape index (κ2) is 7.17. The van der Waals surface area contributed by atoms with Gasteiger partial charge in [-0.1, -0.05) is 0 Å². The smallest absolute Gasteiger partial charge is 0.357 e. The molecule has 0 bridgehead atoms. The lowest BCUT2D eigenvalue weighted by Gasteiger charge is -2.14. The van der Waals surface area contributed by atoms with E-state index in [0.29, 0.717) is 18.8 Å². The Hall–Kier alpha value is -2.05. The lowest BCUT2D eigenvalue weighted by atomic mass is 10.3. The zero-order valence-electron chi connectivity index (χ0n) is 13.5. The maximum atomic E-state index is 13.8. The summed E-state index contributed by atoms with van der Waals surface area (Å²) >= 11 is 0. The van der Waals surface area contributed by atoms with Gasteiger partial charge in [-0.05, 0) is 36.4 Å². The molecule has 0 aliphatic heterocycles. The van der Waals surface area contributed by atoms with Crippen LogP contribution in [0.15, 0.2) is 46.2 Å². The number of hydrogen-bond donors (Lipinski definition) is 2. The van der Waals surface area contributed by atoms with E-state index in [1.807, 2.05) is 0 Å². The van der Waals surface area contributed by atoms with Gasteiger partial charge in [0.05, 0.1) is 0 Å². The van der Waals surface area contributed by atoms with Crippen LogP contribution in [0.5, 0.6) is 0 Å². The number of anilines is 2. The number of nitrogens with two attached hydrogens (primary N) is 2. The first-order chi connectivity index (χ1) is 12.2. The highest BCUT2D eigenvalue weighted by Crippen LogP contribution is 2.50. The summed E-state index contributed by atoms with van der Waals surface area (Å²) < 4.78 is 96.6. The fraction of sp³-hybridized carbons (Fsp3) is 0.0769. The predicted molar refractivity (Wildman–Crippen MR) is 91.7 cm³/mol. The van der Waals surface area contributed by atoms with Crippen LogP contribution in [0.3, 0.4) is 0 Å². The molecule has 0 unspecified atom stereocenters. The molecule has 0 atom stereocenters. The third-order valence-corrected chi connectivity index (χ3v) is 8.39. The van der Waals surface area contributed by atoms with Crippen molar-refractivity contribution in [2.24, 2.45) is 0 Å². The van der Waals surface area contributed by atoms with Crippen LogP contribution in [-0.4, -0.2) is 23.5 Å². The number of halogens is 2. The Morgan fingerprint density at radius 1 is 0.815 bits per heavy atom. The second-order valence-electron chi connectivity index (χ2n) is 5.21. The quantitative estimate of drug-likeness (QED) is 0.505. The zero-order chi connectivity index (χ0) is 20.6. The molecule has 0 radical (unpaired) electrons. The summed E-state index contributed by atoms with van der Waals surface area (Å²) in [4.78, 5) is -2.09. The van der Waals surface area contributed by atoms with Gasteiger partial charge in [0.15, 0.2) is 0 Å². The van der Waals surface area contributed by atoms with E-state index in [2.05, 4.69) is 7.94 Å². The topological polar surface area (TPSA) is 156 Å². The molecule has 9 nitrogen and oxygen atoms in total. The van der Waals surface area contributed by atoms with Crippen molar-refractivity contribution < 1.29 is 38.1 Å². The Bertz CT molecular complexity index is 1070. The fourth-order valence-corrected chi connectivity index (χ4v) is 6.77. The summed E-state index contributed by atoms with van der Waals surface area (Å²) in [5.41, 5.74) is 10.4. The SMILES string of the molecule is CP(=O)(OS(=O)(=O)c1ccc(N)cc1F)OS(=O)(=O)c1ccc(N)cc1F. The van der Waals surface area contributed by atoms with E-state index in [9.17, 15) is 30.2 Å². The van der Waals surface area contributed by atoms with Crippen LogP contribution in [0.2, 0.25) is 0 Å². The molecule has 0 heterocycles. The van der Waals surface area contributed by atoms with E-state index in [0.717, 1.165) is 24.3 Å². The van der Waals surface area contributed by atoms with E-state index >= 15 is 0 Å². The first kappa shape index (κ1) is 21.3. The van der Waals surface area contributed by atoms with Crippen molar-refractivity contribution in [2.75, 3.05) is 18.1 Å². The molecule has 0 saturated heterocycles. The highest BCUT2D eigenvalue weighted by atomic mass is 32.2. The monoisotopic (exact) mass is 442 g/mol. The summed E-state index contributed by atoms with van der Waals surface area (Å²) in [7, 11) is -15.0. The van der Waals surface area contributed by atoms with E-state index in [4.69, 9.17) is 11.5 Å². The molecule has 2 rings (SSSR count). The number of nitrogen functional groups attached to an aromatic ring is 2. The molecular formula is C13H13F2N2O7PS2. The van der Waals surface area contributed by atoms with Crippen molar-refractivity contribution >= 4 is 39.2 Å². The number of hydrogen-bond acceptors (Lipinski definition) is 9. The standard InChI is InChI=1S/C13H13F2N2O7PS2/c1-25(18,23-26(19,20)12-4-2-8(16)6-10(12)14)24-27(21,22)13-5-3-9(17)7-11(13)15/h2-7H,16-17H2,1H3. The largest absolute Gasteiger partial charge is 0.399 e. The maximum Gasteiger partial charge on any atom is 0.357 e. The number of benzene rings is 2. The van der Waals surface area contributed by atoms with Crippen molar-refractivity contribution in [2.45, 2.75) is 9.79 Å². The predicted octanol–water partition coefficient (Wildman–Crippen LogP) is 2.06. The summed E-state index contributed by atoms with van der Waals surface area (Å²) in [6.45, 7) is 0.506. The molecule has 0 spiro atoms. The van der Waals surface area contributed by atoms with Gasteiger partial charge in [0, 0.05) is 18.0 Å². The number of rotatable bonds is 6. The molecule has 2 aromatic carbocycles. The van der Waals surface area contributed by atoms with Gasteiger partial charge < -0.3 is 11.5 Å². The van der Waals surface area contributed by atoms with E-state index in [1.165, 1.54) is 0 Å². The van der Waals surface area contributed by atoms with Crippen molar-refractivity contribution in [3.05, 3.63) is 48.0 Å². The normalized spacial score (nSPS) is 12.9. The molecule has 2 aromatic rings. The molecule has 0 aromatic heterocycles.